The average molecular weight is 283 g/mol. The van der Waals surface area contributed by atoms with Crippen LogP contribution in [0, 0.1) is 12.7 Å². The van der Waals surface area contributed by atoms with Crippen LogP contribution in [-0.4, -0.2) is 25.2 Å². The van der Waals surface area contributed by atoms with Gasteiger partial charge in [-0.3, -0.25) is 5.10 Å². The Bertz CT molecular complexity index is 654. The maximum atomic E-state index is 13.1. The summed E-state index contributed by atoms with van der Waals surface area (Å²) >= 11 is 0. The van der Waals surface area contributed by atoms with Gasteiger partial charge in [0.15, 0.2) is 0 Å². The van der Waals surface area contributed by atoms with Crippen LogP contribution >= 0.6 is 0 Å². The van der Waals surface area contributed by atoms with Crippen molar-refractivity contribution in [1.29, 1.82) is 0 Å². The van der Waals surface area contributed by atoms with Gasteiger partial charge in [-0.25, -0.2) is 17.5 Å². The molecule has 0 spiro atoms. The molecule has 5 nitrogen and oxygen atoms in total. The summed E-state index contributed by atoms with van der Waals surface area (Å²) in [5, 5.41) is 6.52. The standard InChI is InChI=1S/C12H14FN3O2S/c1-9-8-11(2-3-12(9)13)19(17,18)15-7-5-10-4-6-14-16-10/h2-4,6,8,15H,5,7H2,1H3,(H,14,16). The molecule has 0 unspecified atom stereocenters. The highest BCUT2D eigenvalue weighted by molar-refractivity contribution is 7.89. The normalized spacial score (nSPS) is 11.7. The molecule has 7 heteroatoms. The van der Waals surface area contributed by atoms with Gasteiger partial charge in [0.25, 0.3) is 0 Å². The van der Waals surface area contributed by atoms with Crippen LogP contribution in [0.3, 0.4) is 0 Å². The third kappa shape index (κ3) is 3.39. The van der Waals surface area contributed by atoms with Crippen molar-refractivity contribution in [2.24, 2.45) is 0 Å². The Morgan fingerprint density at radius 2 is 2.16 bits per heavy atom. The number of nitrogens with one attached hydrogen (secondary N) is 2. The highest BCUT2D eigenvalue weighted by Crippen LogP contribution is 2.13. The molecular formula is C12H14FN3O2S. The van der Waals surface area contributed by atoms with E-state index in [0.717, 1.165) is 11.8 Å². The second kappa shape index (κ2) is 5.50. The maximum Gasteiger partial charge on any atom is 0.240 e. The van der Waals surface area contributed by atoms with Crippen molar-refractivity contribution in [2.45, 2.75) is 18.2 Å². The van der Waals surface area contributed by atoms with Crippen LogP contribution in [-0.2, 0) is 16.4 Å². The molecule has 19 heavy (non-hydrogen) atoms. The number of nitrogens with zero attached hydrogens (tertiary/aromatic N) is 1. The summed E-state index contributed by atoms with van der Waals surface area (Å²) in [5.74, 6) is -0.420. The molecule has 0 amide bonds. The van der Waals surface area contributed by atoms with Gasteiger partial charge in [-0.15, -0.1) is 0 Å². The number of halogens is 1. The maximum absolute atomic E-state index is 13.1. The molecule has 0 bridgehead atoms. The molecule has 0 aliphatic carbocycles. The van der Waals surface area contributed by atoms with Crippen molar-refractivity contribution in [3.8, 4) is 0 Å². The van der Waals surface area contributed by atoms with Gasteiger partial charge >= 0.3 is 0 Å². The van der Waals surface area contributed by atoms with Gasteiger partial charge in [0.1, 0.15) is 5.82 Å². The predicted molar refractivity (Wildman–Crippen MR) is 68.6 cm³/mol. The van der Waals surface area contributed by atoms with E-state index in [1.807, 2.05) is 0 Å². The van der Waals surface area contributed by atoms with E-state index in [1.54, 1.807) is 12.3 Å². The molecule has 0 radical (unpaired) electrons. The first-order valence-electron chi connectivity index (χ1n) is 5.73. The van der Waals surface area contributed by atoms with E-state index in [0.29, 0.717) is 12.0 Å². The van der Waals surface area contributed by atoms with Gasteiger partial charge in [0, 0.05) is 24.9 Å². The molecule has 1 heterocycles. The molecule has 0 fully saturated rings. The topological polar surface area (TPSA) is 74.8 Å². The van der Waals surface area contributed by atoms with Crippen LogP contribution in [0.15, 0.2) is 35.4 Å². The van der Waals surface area contributed by atoms with E-state index >= 15 is 0 Å². The van der Waals surface area contributed by atoms with Crippen molar-refractivity contribution < 1.29 is 12.8 Å². The Hall–Kier alpha value is -1.73. The third-order valence-electron chi connectivity index (χ3n) is 2.68. The molecule has 0 saturated carbocycles. The number of aromatic nitrogens is 2. The van der Waals surface area contributed by atoms with E-state index in [9.17, 15) is 12.8 Å². The predicted octanol–water partition coefficient (Wildman–Crippen LogP) is 1.38. The monoisotopic (exact) mass is 283 g/mol. The average Bonchev–Trinajstić information content (AvgIpc) is 2.85. The quantitative estimate of drug-likeness (QED) is 0.870. The second-order valence-corrected chi connectivity index (χ2v) is 5.91. The van der Waals surface area contributed by atoms with Gasteiger partial charge in [-0.1, -0.05) is 0 Å². The summed E-state index contributed by atoms with van der Waals surface area (Å²) in [7, 11) is -3.60. The number of hydrogen-bond donors (Lipinski definition) is 2. The molecule has 102 valence electrons. The molecule has 0 aliphatic rings. The Labute approximate surface area is 110 Å². The van der Waals surface area contributed by atoms with Crippen molar-refractivity contribution in [2.75, 3.05) is 6.54 Å². The molecule has 0 aliphatic heterocycles. The molecule has 2 aromatic rings. The number of hydrogen-bond acceptors (Lipinski definition) is 3. The third-order valence-corrected chi connectivity index (χ3v) is 4.14. The molecule has 0 saturated heterocycles. The zero-order valence-electron chi connectivity index (χ0n) is 10.4. The summed E-state index contributed by atoms with van der Waals surface area (Å²) < 4.78 is 39.5. The summed E-state index contributed by atoms with van der Waals surface area (Å²) in [6.45, 7) is 1.78. The van der Waals surface area contributed by atoms with E-state index in [1.165, 1.54) is 19.1 Å². The second-order valence-electron chi connectivity index (χ2n) is 4.14. The first-order chi connectivity index (χ1) is 8.99. The summed E-state index contributed by atoms with van der Waals surface area (Å²) in [4.78, 5) is 0.0658. The smallest absolute Gasteiger partial charge is 0.240 e. The minimum Gasteiger partial charge on any atom is -0.283 e. The summed E-state index contributed by atoms with van der Waals surface area (Å²) in [5.41, 5.74) is 1.15. The molecule has 2 rings (SSSR count). The van der Waals surface area contributed by atoms with E-state index < -0.39 is 15.8 Å². The Balaban J connectivity index is 2.03. The molecular weight excluding hydrogens is 269 g/mol. The highest BCUT2D eigenvalue weighted by Gasteiger charge is 2.14. The minimum absolute atomic E-state index is 0.0658. The SMILES string of the molecule is Cc1cc(S(=O)(=O)NCCc2ccn[nH]2)ccc1F. The first kappa shape index (κ1) is 13.7. The van der Waals surface area contributed by atoms with Gasteiger partial charge < -0.3 is 0 Å². The van der Waals surface area contributed by atoms with Gasteiger partial charge in [-0.05, 0) is 36.8 Å². The summed E-state index contributed by atoms with van der Waals surface area (Å²) in [6.07, 6.45) is 2.12. The zero-order chi connectivity index (χ0) is 13.9. The number of benzene rings is 1. The van der Waals surface area contributed by atoms with Crippen molar-refractivity contribution in [1.82, 2.24) is 14.9 Å². The fourth-order valence-electron chi connectivity index (χ4n) is 1.61. The van der Waals surface area contributed by atoms with Crippen LogP contribution in [0.1, 0.15) is 11.3 Å². The van der Waals surface area contributed by atoms with Crippen molar-refractivity contribution in [3.05, 3.63) is 47.5 Å². The van der Waals surface area contributed by atoms with Crippen LogP contribution in [0.4, 0.5) is 4.39 Å². The molecule has 2 N–H and O–H groups in total. The number of aromatic amines is 1. The Morgan fingerprint density at radius 3 is 2.79 bits per heavy atom. The van der Waals surface area contributed by atoms with Crippen LogP contribution in [0.2, 0.25) is 0 Å². The van der Waals surface area contributed by atoms with E-state index in [4.69, 9.17) is 0 Å². The largest absolute Gasteiger partial charge is 0.283 e. The van der Waals surface area contributed by atoms with E-state index in [2.05, 4.69) is 14.9 Å². The number of H-pyrrole nitrogens is 1. The number of aryl methyl sites for hydroxylation is 1. The minimum atomic E-state index is -3.60. The fourth-order valence-corrected chi connectivity index (χ4v) is 2.73. The molecule has 1 aromatic carbocycles. The van der Waals surface area contributed by atoms with Gasteiger partial charge in [-0.2, -0.15) is 5.10 Å². The Kier molecular flexibility index (Phi) is 3.96. The lowest BCUT2D eigenvalue weighted by Crippen LogP contribution is -2.26. The van der Waals surface area contributed by atoms with Gasteiger partial charge in [0.2, 0.25) is 10.0 Å². The zero-order valence-corrected chi connectivity index (χ0v) is 11.2. The van der Waals surface area contributed by atoms with Gasteiger partial charge in [0.05, 0.1) is 4.90 Å². The summed E-state index contributed by atoms with van der Waals surface area (Å²) in [6, 6.07) is 5.49. The lowest BCUT2D eigenvalue weighted by Gasteiger charge is -2.07. The van der Waals surface area contributed by atoms with Crippen LogP contribution in [0.25, 0.3) is 0 Å². The molecule has 1 aromatic heterocycles. The van der Waals surface area contributed by atoms with Crippen molar-refractivity contribution >= 4 is 10.0 Å². The lowest BCUT2D eigenvalue weighted by molar-refractivity contribution is 0.579. The number of sulfonamides is 1. The first-order valence-corrected chi connectivity index (χ1v) is 7.21. The highest BCUT2D eigenvalue weighted by atomic mass is 32.2. The van der Waals surface area contributed by atoms with E-state index in [-0.39, 0.29) is 11.4 Å². The number of rotatable bonds is 5. The van der Waals surface area contributed by atoms with Crippen molar-refractivity contribution in [3.63, 3.8) is 0 Å². The van der Waals surface area contributed by atoms with Crippen LogP contribution < -0.4 is 4.72 Å². The fraction of sp³-hybridized carbons (Fsp3) is 0.250. The lowest BCUT2D eigenvalue weighted by atomic mass is 10.2. The van der Waals surface area contributed by atoms with Crippen LogP contribution in [0.5, 0.6) is 0 Å². The molecule has 0 atom stereocenters. The Morgan fingerprint density at radius 1 is 1.37 bits per heavy atom.